The minimum atomic E-state index is -3.53. The summed E-state index contributed by atoms with van der Waals surface area (Å²) >= 11 is 0. The number of nitrogens with zero attached hydrogens (tertiary/aromatic N) is 3. The van der Waals surface area contributed by atoms with E-state index in [1.807, 2.05) is 14.1 Å². The highest BCUT2D eigenvalue weighted by Crippen LogP contribution is 2.13. The maximum absolute atomic E-state index is 12.2. The summed E-state index contributed by atoms with van der Waals surface area (Å²) in [6.45, 7) is 2.51. The zero-order valence-electron chi connectivity index (χ0n) is 12.3. The minimum Gasteiger partial charge on any atom is -0.352 e. The Balaban J connectivity index is 1.99. The molecule has 21 heavy (non-hydrogen) atoms. The fraction of sp³-hybridized carbons (Fsp3) is 0.500. The Labute approximate surface area is 123 Å². The maximum Gasteiger partial charge on any atom is 0.242 e. The lowest BCUT2D eigenvalue weighted by molar-refractivity contribution is 0.387. The van der Waals surface area contributed by atoms with Crippen molar-refractivity contribution in [1.29, 1.82) is 0 Å². The van der Waals surface area contributed by atoms with E-state index in [2.05, 4.69) is 20.2 Å². The third kappa shape index (κ3) is 3.90. The minimum absolute atomic E-state index is 0.220. The van der Waals surface area contributed by atoms with Gasteiger partial charge in [0.2, 0.25) is 15.9 Å². The molecule has 0 amide bonds. The molecule has 0 unspecified atom stereocenters. The molecule has 9 heteroatoms. The van der Waals surface area contributed by atoms with Crippen LogP contribution >= 0.6 is 0 Å². The number of hydrogen-bond donors (Lipinski definition) is 2. The van der Waals surface area contributed by atoms with Crippen molar-refractivity contribution in [2.75, 3.05) is 13.6 Å². The van der Waals surface area contributed by atoms with E-state index in [0.29, 0.717) is 24.7 Å². The Bertz CT molecular complexity index is 704. The largest absolute Gasteiger partial charge is 0.352 e. The molecule has 0 saturated heterocycles. The molecule has 0 atom stereocenters. The Hall–Kier alpha value is -1.71. The first-order chi connectivity index (χ1) is 9.92. The van der Waals surface area contributed by atoms with Crippen molar-refractivity contribution < 1.29 is 12.9 Å². The molecular weight excluding hydrogens is 294 g/mol. The molecule has 2 rings (SSSR count). The number of aromatic nitrogens is 3. The number of sulfonamides is 1. The monoisotopic (exact) mass is 313 g/mol. The number of aryl methyl sites for hydroxylation is 2. The molecular formula is C12H19N5O3S. The molecule has 8 nitrogen and oxygen atoms in total. The third-order valence-corrected chi connectivity index (χ3v) is 4.39. The van der Waals surface area contributed by atoms with Crippen molar-refractivity contribution >= 4 is 10.0 Å². The van der Waals surface area contributed by atoms with E-state index in [4.69, 9.17) is 4.52 Å². The third-order valence-electron chi connectivity index (χ3n) is 2.96. The normalized spacial score (nSPS) is 12.0. The van der Waals surface area contributed by atoms with E-state index in [9.17, 15) is 8.42 Å². The van der Waals surface area contributed by atoms with Crippen LogP contribution in [0.5, 0.6) is 0 Å². The second-order valence-electron chi connectivity index (χ2n) is 4.69. The smallest absolute Gasteiger partial charge is 0.242 e. The summed E-state index contributed by atoms with van der Waals surface area (Å²) in [5, 5.41) is 6.71. The van der Waals surface area contributed by atoms with Crippen LogP contribution in [0.1, 0.15) is 17.4 Å². The summed E-state index contributed by atoms with van der Waals surface area (Å²) in [6.07, 6.45) is 1.97. The fourth-order valence-electron chi connectivity index (χ4n) is 1.90. The number of nitrogens with one attached hydrogen (secondary N) is 2. The lowest BCUT2D eigenvalue weighted by atomic mass is 10.4. The average Bonchev–Trinajstić information content (AvgIpc) is 2.98. The summed E-state index contributed by atoms with van der Waals surface area (Å²) in [6, 6.07) is 1.65. The van der Waals surface area contributed by atoms with E-state index in [1.165, 1.54) is 0 Å². The summed E-state index contributed by atoms with van der Waals surface area (Å²) in [5.74, 6) is 0.951. The van der Waals surface area contributed by atoms with E-state index >= 15 is 0 Å². The van der Waals surface area contributed by atoms with Gasteiger partial charge >= 0.3 is 0 Å². The second kappa shape index (κ2) is 6.37. The van der Waals surface area contributed by atoms with E-state index in [0.717, 1.165) is 5.69 Å². The quantitative estimate of drug-likeness (QED) is 0.743. The van der Waals surface area contributed by atoms with Crippen LogP contribution in [0.25, 0.3) is 0 Å². The highest BCUT2D eigenvalue weighted by molar-refractivity contribution is 7.89. The van der Waals surface area contributed by atoms with Gasteiger partial charge in [0, 0.05) is 45.4 Å². The molecule has 0 saturated carbocycles. The van der Waals surface area contributed by atoms with Gasteiger partial charge in [-0.2, -0.15) is 4.98 Å². The van der Waals surface area contributed by atoms with Gasteiger partial charge in [0.15, 0.2) is 5.82 Å². The van der Waals surface area contributed by atoms with Crippen LogP contribution in [0.3, 0.4) is 0 Å². The van der Waals surface area contributed by atoms with Crippen molar-refractivity contribution in [3.63, 3.8) is 0 Å². The predicted octanol–water partition coefficient (Wildman–Crippen LogP) is -0.0431. The van der Waals surface area contributed by atoms with Gasteiger partial charge in [-0.05, 0) is 13.1 Å². The summed E-state index contributed by atoms with van der Waals surface area (Å²) < 4.78 is 33.5. The van der Waals surface area contributed by atoms with Gasteiger partial charge in [-0.25, -0.2) is 13.1 Å². The van der Waals surface area contributed by atoms with Gasteiger partial charge in [-0.3, -0.25) is 0 Å². The van der Waals surface area contributed by atoms with Crippen molar-refractivity contribution in [1.82, 2.24) is 24.7 Å². The molecule has 0 bridgehead atoms. The van der Waals surface area contributed by atoms with E-state index < -0.39 is 10.0 Å². The first-order valence-corrected chi connectivity index (χ1v) is 7.99. The van der Waals surface area contributed by atoms with E-state index in [1.54, 1.807) is 23.8 Å². The molecule has 0 aliphatic heterocycles. The molecule has 116 valence electrons. The number of rotatable bonds is 7. The molecule has 0 aromatic carbocycles. The second-order valence-corrected chi connectivity index (χ2v) is 6.45. The van der Waals surface area contributed by atoms with Crippen LogP contribution in [0.15, 0.2) is 21.7 Å². The SMILES string of the molecule is CNCc1cc(S(=O)(=O)NCCc2noc(C)n2)cn1C. The Morgan fingerprint density at radius 3 is 2.81 bits per heavy atom. The van der Waals surface area contributed by atoms with Crippen LogP contribution in [0, 0.1) is 6.92 Å². The van der Waals surface area contributed by atoms with Crippen LogP contribution in [-0.4, -0.2) is 36.7 Å². The van der Waals surface area contributed by atoms with Crippen LogP contribution in [0.4, 0.5) is 0 Å². The van der Waals surface area contributed by atoms with Crippen molar-refractivity contribution in [3.05, 3.63) is 29.7 Å². The summed E-state index contributed by atoms with van der Waals surface area (Å²) in [4.78, 5) is 4.27. The van der Waals surface area contributed by atoms with Gasteiger partial charge in [0.05, 0.1) is 4.90 Å². The molecule has 0 spiro atoms. The van der Waals surface area contributed by atoms with Crippen molar-refractivity contribution in [2.45, 2.75) is 24.8 Å². The molecule has 0 aliphatic rings. The zero-order chi connectivity index (χ0) is 15.5. The Morgan fingerprint density at radius 2 is 2.19 bits per heavy atom. The van der Waals surface area contributed by atoms with Crippen LogP contribution < -0.4 is 10.0 Å². The molecule has 2 aromatic rings. The topological polar surface area (TPSA) is 102 Å². The molecule has 2 N–H and O–H groups in total. The first-order valence-electron chi connectivity index (χ1n) is 6.51. The standard InChI is InChI=1S/C12H19N5O3S/c1-9-15-12(16-20-9)4-5-14-21(18,19)11-6-10(7-13-2)17(3)8-11/h6,8,13-14H,4-5,7H2,1-3H3. The fourth-order valence-corrected chi connectivity index (χ4v) is 3.03. The van der Waals surface area contributed by atoms with Crippen molar-refractivity contribution in [2.24, 2.45) is 7.05 Å². The molecule has 2 aromatic heterocycles. The summed E-state index contributed by atoms with van der Waals surface area (Å²) in [5.41, 5.74) is 0.895. The Kier molecular flexibility index (Phi) is 4.76. The lowest BCUT2D eigenvalue weighted by Crippen LogP contribution is -2.26. The van der Waals surface area contributed by atoms with Crippen LogP contribution in [0.2, 0.25) is 0 Å². The molecule has 0 radical (unpaired) electrons. The predicted molar refractivity (Wildman–Crippen MR) is 76.1 cm³/mol. The molecule has 0 aliphatic carbocycles. The number of hydrogen-bond acceptors (Lipinski definition) is 6. The molecule has 2 heterocycles. The lowest BCUT2D eigenvalue weighted by Gasteiger charge is -2.02. The van der Waals surface area contributed by atoms with Gasteiger partial charge in [0.1, 0.15) is 0 Å². The summed E-state index contributed by atoms with van der Waals surface area (Å²) in [7, 11) is 0.0967. The highest BCUT2D eigenvalue weighted by atomic mass is 32.2. The Morgan fingerprint density at radius 1 is 1.43 bits per heavy atom. The van der Waals surface area contributed by atoms with Gasteiger partial charge in [-0.1, -0.05) is 5.16 Å². The molecule has 0 fully saturated rings. The average molecular weight is 313 g/mol. The van der Waals surface area contributed by atoms with Crippen LogP contribution in [-0.2, 0) is 30.0 Å². The van der Waals surface area contributed by atoms with Gasteiger partial charge in [0.25, 0.3) is 0 Å². The van der Waals surface area contributed by atoms with Gasteiger partial charge < -0.3 is 14.4 Å². The highest BCUT2D eigenvalue weighted by Gasteiger charge is 2.17. The van der Waals surface area contributed by atoms with E-state index in [-0.39, 0.29) is 11.4 Å². The van der Waals surface area contributed by atoms with Gasteiger partial charge in [-0.15, -0.1) is 0 Å². The first kappa shape index (κ1) is 15.7. The maximum atomic E-state index is 12.2. The zero-order valence-corrected chi connectivity index (χ0v) is 13.1. The van der Waals surface area contributed by atoms with Crippen molar-refractivity contribution in [3.8, 4) is 0 Å².